The minimum atomic E-state index is 0.408. The maximum absolute atomic E-state index is 5.98. The molecule has 1 aliphatic rings. The van der Waals surface area contributed by atoms with Crippen molar-refractivity contribution in [2.24, 2.45) is 17.1 Å². The Morgan fingerprint density at radius 3 is 2.20 bits per heavy atom. The number of rotatable bonds is 5. The second-order valence-corrected chi connectivity index (χ2v) is 5.64. The molecule has 0 amide bonds. The largest absolute Gasteiger partial charge is 0.330 e. The SMILES string of the molecule is CC(C)CNCC1(CN)CCCCCC1. The Morgan fingerprint density at radius 2 is 1.73 bits per heavy atom. The molecular weight excluding hydrogens is 184 g/mol. The highest BCUT2D eigenvalue weighted by atomic mass is 14.9. The van der Waals surface area contributed by atoms with Crippen LogP contribution in [0.3, 0.4) is 0 Å². The fraction of sp³-hybridized carbons (Fsp3) is 1.00. The molecule has 1 rings (SSSR count). The van der Waals surface area contributed by atoms with E-state index >= 15 is 0 Å². The highest BCUT2D eigenvalue weighted by Crippen LogP contribution is 2.33. The molecule has 15 heavy (non-hydrogen) atoms. The van der Waals surface area contributed by atoms with E-state index in [1.54, 1.807) is 0 Å². The van der Waals surface area contributed by atoms with Crippen LogP contribution in [0, 0.1) is 11.3 Å². The summed E-state index contributed by atoms with van der Waals surface area (Å²) >= 11 is 0. The van der Waals surface area contributed by atoms with E-state index in [2.05, 4.69) is 19.2 Å². The molecule has 0 unspecified atom stereocenters. The van der Waals surface area contributed by atoms with Gasteiger partial charge in [0, 0.05) is 6.54 Å². The molecule has 2 nitrogen and oxygen atoms in total. The summed E-state index contributed by atoms with van der Waals surface area (Å²) in [5.74, 6) is 0.741. The average molecular weight is 212 g/mol. The van der Waals surface area contributed by atoms with Crippen molar-refractivity contribution in [2.75, 3.05) is 19.6 Å². The summed E-state index contributed by atoms with van der Waals surface area (Å²) in [6.07, 6.45) is 8.22. The highest BCUT2D eigenvalue weighted by Gasteiger charge is 2.28. The Labute approximate surface area is 95.0 Å². The lowest BCUT2D eigenvalue weighted by Crippen LogP contribution is -2.41. The van der Waals surface area contributed by atoms with Crippen LogP contribution in [0.4, 0.5) is 0 Å². The molecule has 0 atom stereocenters. The van der Waals surface area contributed by atoms with Crippen LogP contribution in [0.25, 0.3) is 0 Å². The van der Waals surface area contributed by atoms with E-state index in [4.69, 9.17) is 5.73 Å². The Hall–Kier alpha value is -0.0800. The van der Waals surface area contributed by atoms with Crippen molar-refractivity contribution in [3.63, 3.8) is 0 Å². The smallest absolute Gasteiger partial charge is 0.00200 e. The van der Waals surface area contributed by atoms with Crippen molar-refractivity contribution in [3.8, 4) is 0 Å². The molecule has 0 spiro atoms. The Balaban J connectivity index is 2.36. The molecule has 0 bridgehead atoms. The average Bonchev–Trinajstić information content (AvgIpc) is 2.44. The molecule has 0 aromatic heterocycles. The minimum absolute atomic E-state index is 0.408. The van der Waals surface area contributed by atoms with Crippen LogP contribution in [-0.4, -0.2) is 19.6 Å². The maximum atomic E-state index is 5.98. The van der Waals surface area contributed by atoms with Crippen LogP contribution >= 0.6 is 0 Å². The molecule has 2 heteroatoms. The second kappa shape index (κ2) is 6.49. The van der Waals surface area contributed by atoms with Crippen molar-refractivity contribution in [3.05, 3.63) is 0 Å². The van der Waals surface area contributed by atoms with Gasteiger partial charge in [-0.1, -0.05) is 39.5 Å². The van der Waals surface area contributed by atoms with E-state index in [1.807, 2.05) is 0 Å². The molecule has 0 aromatic rings. The van der Waals surface area contributed by atoms with Crippen LogP contribution in [0.2, 0.25) is 0 Å². The molecule has 1 aliphatic carbocycles. The van der Waals surface area contributed by atoms with Gasteiger partial charge in [0.2, 0.25) is 0 Å². The zero-order valence-corrected chi connectivity index (χ0v) is 10.5. The molecule has 0 heterocycles. The van der Waals surface area contributed by atoms with Crippen LogP contribution in [0.1, 0.15) is 52.4 Å². The molecule has 90 valence electrons. The maximum Gasteiger partial charge on any atom is 0.00200 e. The third-order valence-corrected chi connectivity index (χ3v) is 3.65. The molecule has 0 radical (unpaired) electrons. The second-order valence-electron chi connectivity index (χ2n) is 5.64. The fourth-order valence-electron chi connectivity index (χ4n) is 2.56. The lowest BCUT2D eigenvalue weighted by atomic mass is 9.80. The molecule has 3 N–H and O–H groups in total. The van der Waals surface area contributed by atoms with Crippen LogP contribution < -0.4 is 11.1 Å². The topological polar surface area (TPSA) is 38.0 Å². The van der Waals surface area contributed by atoms with Crippen LogP contribution in [0.15, 0.2) is 0 Å². The Bertz CT molecular complexity index is 158. The standard InChI is InChI=1S/C13H28N2/c1-12(2)9-15-11-13(10-14)7-5-3-4-6-8-13/h12,15H,3-11,14H2,1-2H3. The first-order chi connectivity index (χ1) is 7.18. The van der Waals surface area contributed by atoms with E-state index < -0.39 is 0 Å². The molecule has 0 saturated heterocycles. The van der Waals surface area contributed by atoms with Gasteiger partial charge in [0.25, 0.3) is 0 Å². The third-order valence-electron chi connectivity index (χ3n) is 3.65. The molecule has 0 aromatic carbocycles. The van der Waals surface area contributed by atoms with Gasteiger partial charge in [0.15, 0.2) is 0 Å². The van der Waals surface area contributed by atoms with E-state index in [0.29, 0.717) is 5.41 Å². The van der Waals surface area contributed by atoms with Gasteiger partial charge in [0.05, 0.1) is 0 Å². The number of nitrogens with one attached hydrogen (secondary N) is 1. The van der Waals surface area contributed by atoms with Gasteiger partial charge in [-0.2, -0.15) is 0 Å². The van der Waals surface area contributed by atoms with Gasteiger partial charge in [-0.05, 0) is 37.3 Å². The van der Waals surface area contributed by atoms with E-state index in [0.717, 1.165) is 25.6 Å². The Kier molecular flexibility index (Phi) is 5.62. The lowest BCUT2D eigenvalue weighted by Gasteiger charge is -2.32. The molecule has 1 fully saturated rings. The van der Waals surface area contributed by atoms with E-state index in [-0.39, 0.29) is 0 Å². The van der Waals surface area contributed by atoms with Crippen molar-refractivity contribution >= 4 is 0 Å². The lowest BCUT2D eigenvalue weighted by molar-refractivity contribution is 0.239. The summed E-state index contributed by atoms with van der Waals surface area (Å²) in [5.41, 5.74) is 6.39. The first kappa shape index (κ1) is 13.0. The quantitative estimate of drug-likeness (QED) is 0.687. The van der Waals surface area contributed by atoms with Crippen molar-refractivity contribution in [1.29, 1.82) is 0 Å². The van der Waals surface area contributed by atoms with Gasteiger partial charge < -0.3 is 11.1 Å². The molecular formula is C13H28N2. The number of hydrogen-bond acceptors (Lipinski definition) is 2. The Morgan fingerprint density at radius 1 is 1.13 bits per heavy atom. The first-order valence-electron chi connectivity index (χ1n) is 6.59. The van der Waals surface area contributed by atoms with Crippen molar-refractivity contribution < 1.29 is 0 Å². The predicted molar refractivity (Wildman–Crippen MR) is 66.9 cm³/mol. The highest BCUT2D eigenvalue weighted by molar-refractivity contribution is 4.84. The molecule has 1 saturated carbocycles. The van der Waals surface area contributed by atoms with Crippen molar-refractivity contribution in [2.45, 2.75) is 52.4 Å². The van der Waals surface area contributed by atoms with Crippen molar-refractivity contribution in [1.82, 2.24) is 5.32 Å². The van der Waals surface area contributed by atoms with Crippen LogP contribution in [0.5, 0.6) is 0 Å². The van der Waals surface area contributed by atoms with Gasteiger partial charge in [-0.3, -0.25) is 0 Å². The summed E-state index contributed by atoms with van der Waals surface area (Å²) in [6, 6.07) is 0. The summed E-state index contributed by atoms with van der Waals surface area (Å²) < 4.78 is 0. The number of hydrogen-bond donors (Lipinski definition) is 2. The van der Waals surface area contributed by atoms with Crippen LogP contribution in [-0.2, 0) is 0 Å². The van der Waals surface area contributed by atoms with E-state index in [1.165, 1.54) is 38.5 Å². The minimum Gasteiger partial charge on any atom is -0.330 e. The summed E-state index contributed by atoms with van der Waals surface area (Å²) in [6.45, 7) is 7.63. The predicted octanol–water partition coefficient (Wildman–Crippen LogP) is 2.53. The fourth-order valence-corrected chi connectivity index (χ4v) is 2.56. The van der Waals surface area contributed by atoms with Gasteiger partial charge in [-0.15, -0.1) is 0 Å². The summed E-state index contributed by atoms with van der Waals surface area (Å²) in [4.78, 5) is 0. The summed E-state index contributed by atoms with van der Waals surface area (Å²) in [7, 11) is 0. The van der Waals surface area contributed by atoms with Gasteiger partial charge in [-0.25, -0.2) is 0 Å². The number of nitrogens with two attached hydrogens (primary N) is 1. The third kappa shape index (κ3) is 4.52. The molecule has 0 aliphatic heterocycles. The normalized spacial score (nSPS) is 21.6. The van der Waals surface area contributed by atoms with Gasteiger partial charge >= 0.3 is 0 Å². The van der Waals surface area contributed by atoms with E-state index in [9.17, 15) is 0 Å². The first-order valence-corrected chi connectivity index (χ1v) is 6.59. The monoisotopic (exact) mass is 212 g/mol. The van der Waals surface area contributed by atoms with Gasteiger partial charge in [0.1, 0.15) is 0 Å². The zero-order chi connectivity index (χ0) is 11.1. The summed E-state index contributed by atoms with van der Waals surface area (Å²) in [5, 5.41) is 3.59. The zero-order valence-electron chi connectivity index (χ0n) is 10.5.